The van der Waals surface area contributed by atoms with Crippen molar-refractivity contribution in [3.63, 3.8) is 0 Å². The largest absolute Gasteiger partial charge is 0.486 e. The Morgan fingerprint density at radius 1 is 1.25 bits per heavy atom. The summed E-state index contributed by atoms with van der Waals surface area (Å²) in [6.45, 7) is 0.484. The molecule has 2 aromatic rings. The third-order valence-corrected chi connectivity index (χ3v) is 4.11. The van der Waals surface area contributed by atoms with Crippen LogP contribution in [0.25, 0.3) is 0 Å². The summed E-state index contributed by atoms with van der Waals surface area (Å²) in [5.74, 6) is 0.756. The first kappa shape index (κ1) is 13.6. The van der Waals surface area contributed by atoms with Crippen LogP contribution in [-0.4, -0.2) is 14.8 Å². The van der Waals surface area contributed by atoms with Crippen molar-refractivity contribution < 1.29 is 4.74 Å². The monoisotopic (exact) mass is 335 g/mol. The molecular formula is C15H18BrN3O. The molecule has 1 saturated carbocycles. The molecule has 0 aromatic carbocycles. The summed E-state index contributed by atoms with van der Waals surface area (Å²) in [6.07, 6.45) is 12.0. The van der Waals surface area contributed by atoms with Gasteiger partial charge in [0.15, 0.2) is 0 Å². The molecule has 4 nitrogen and oxygen atoms in total. The maximum Gasteiger partial charge on any atom is 0.139 e. The molecule has 0 unspecified atom stereocenters. The molecule has 0 bridgehead atoms. The highest BCUT2D eigenvalue weighted by atomic mass is 79.9. The first-order valence-corrected chi connectivity index (χ1v) is 7.88. The van der Waals surface area contributed by atoms with E-state index in [0.29, 0.717) is 12.6 Å². The first-order chi connectivity index (χ1) is 9.81. The molecule has 0 saturated heterocycles. The number of aromatic nitrogens is 3. The number of pyridine rings is 1. The van der Waals surface area contributed by atoms with E-state index in [1.54, 1.807) is 12.4 Å². The van der Waals surface area contributed by atoms with Crippen molar-refractivity contribution in [3.05, 3.63) is 40.9 Å². The van der Waals surface area contributed by atoms with E-state index in [2.05, 4.69) is 36.9 Å². The van der Waals surface area contributed by atoms with Gasteiger partial charge in [-0.3, -0.25) is 9.67 Å². The van der Waals surface area contributed by atoms with Gasteiger partial charge in [0.2, 0.25) is 0 Å². The van der Waals surface area contributed by atoms with Crippen LogP contribution in [0.2, 0.25) is 0 Å². The first-order valence-electron chi connectivity index (χ1n) is 7.08. The lowest BCUT2D eigenvalue weighted by molar-refractivity contribution is 0.290. The summed E-state index contributed by atoms with van der Waals surface area (Å²) in [5, 5.41) is 4.63. The van der Waals surface area contributed by atoms with Crippen LogP contribution in [0.5, 0.6) is 5.75 Å². The molecular weight excluding hydrogens is 318 g/mol. The second kappa shape index (κ2) is 6.39. The molecule has 0 radical (unpaired) electrons. The number of nitrogens with zero attached hydrogens (tertiary/aromatic N) is 3. The number of halogens is 1. The highest BCUT2D eigenvalue weighted by Crippen LogP contribution is 2.27. The second-order valence-corrected chi connectivity index (χ2v) is 6.12. The minimum Gasteiger partial charge on any atom is -0.486 e. The third-order valence-electron chi connectivity index (χ3n) is 3.68. The van der Waals surface area contributed by atoms with Crippen molar-refractivity contribution in [2.24, 2.45) is 0 Å². The fourth-order valence-corrected chi connectivity index (χ4v) is 2.98. The molecule has 1 aliphatic carbocycles. The van der Waals surface area contributed by atoms with E-state index in [1.807, 2.05) is 12.1 Å². The molecule has 0 aliphatic heterocycles. The predicted molar refractivity (Wildman–Crippen MR) is 80.6 cm³/mol. The molecule has 2 aromatic heterocycles. The van der Waals surface area contributed by atoms with Crippen molar-refractivity contribution in [1.82, 2.24) is 14.8 Å². The number of rotatable bonds is 4. The minimum atomic E-state index is 0.484. The molecule has 1 fully saturated rings. The Morgan fingerprint density at radius 3 is 2.90 bits per heavy atom. The van der Waals surface area contributed by atoms with Gasteiger partial charge < -0.3 is 4.74 Å². The lowest BCUT2D eigenvalue weighted by atomic mass is 9.96. The summed E-state index contributed by atoms with van der Waals surface area (Å²) < 4.78 is 8.73. The highest BCUT2D eigenvalue weighted by Gasteiger charge is 2.16. The quantitative estimate of drug-likeness (QED) is 0.843. The van der Waals surface area contributed by atoms with E-state index in [1.165, 1.54) is 32.1 Å². The Kier molecular flexibility index (Phi) is 4.35. The average molecular weight is 336 g/mol. The molecule has 3 rings (SSSR count). The van der Waals surface area contributed by atoms with Gasteiger partial charge in [-0.25, -0.2) is 0 Å². The van der Waals surface area contributed by atoms with Crippen LogP contribution in [-0.2, 0) is 6.61 Å². The molecule has 2 heterocycles. The van der Waals surface area contributed by atoms with Crippen LogP contribution in [0, 0.1) is 0 Å². The fraction of sp³-hybridized carbons (Fsp3) is 0.467. The van der Waals surface area contributed by atoms with Gasteiger partial charge in [-0.1, -0.05) is 19.3 Å². The lowest BCUT2D eigenvalue weighted by Gasteiger charge is -2.21. The normalized spacial score (nSPS) is 16.2. The van der Waals surface area contributed by atoms with Crippen molar-refractivity contribution >= 4 is 15.9 Å². The van der Waals surface area contributed by atoms with Crippen LogP contribution in [0.4, 0.5) is 0 Å². The third kappa shape index (κ3) is 3.39. The predicted octanol–water partition coefficient (Wildman–Crippen LogP) is 4.12. The molecule has 0 N–H and O–H groups in total. The number of hydrogen-bond donors (Lipinski definition) is 0. The summed E-state index contributed by atoms with van der Waals surface area (Å²) >= 11 is 3.38. The van der Waals surface area contributed by atoms with Gasteiger partial charge in [-0.15, -0.1) is 0 Å². The Morgan fingerprint density at radius 2 is 2.10 bits per heavy atom. The zero-order valence-corrected chi connectivity index (χ0v) is 12.9. The van der Waals surface area contributed by atoms with E-state index in [4.69, 9.17) is 4.74 Å². The summed E-state index contributed by atoms with van der Waals surface area (Å²) in [5.41, 5.74) is 0.968. The molecule has 106 valence electrons. The number of ether oxygens (including phenoxy) is 1. The summed E-state index contributed by atoms with van der Waals surface area (Å²) in [7, 11) is 0. The van der Waals surface area contributed by atoms with Crippen molar-refractivity contribution in [2.75, 3.05) is 0 Å². The molecule has 1 aliphatic rings. The average Bonchev–Trinajstić information content (AvgIpc) is 2.95. The minimum absolute atomic E-state index is 0.484. The Labute approximate surface area is 127 Å². The van der Waals surface area contributed by atoms with Crippen molar-refractivity contribution in [3.8, 4) is 5.75 Å². The molecule has 0 atom stereocenters. The van der Waals surface area contributed by atoms with E-state index in [-0.39, 0.29) is 0 Å². The maximum atomic E-state index is 5.71. The summed E-state index contributed by atoms with van der Waals surface area (Å²) in [6, 6.07) is 4.52. The zero-order chi connectivity index (χ0) is 13.8. The number of hydrogen-bond acceptors (Lipinski definition) is 3. The van der Waals surface area contributed by atoms with Gasteiger partial charge in [0.1, 0.15) is 12.4 Å². The van der Waals surface area contributed by atoms with E-state index in [0.717, 1.165) is 15.9 Å². The van der Waals surface area contributed by atoms with Gasteiger partial charge in [-0.2, -0.15) is 5.10 Å². The smallest absolute Gasteiger partial charge is 0.139 e. The van der Waals surface area contributed by atoms with Crippen LogP contribution in [0.15, 0.2) is 35.2 Å². The summed E-state index contributed by atoms with van der Waals surface area (Å²) in [4.78, 5) is 4.08. The van der Waals surface area contributed by atoms with E-state index >= 15 is 0 Å². The lowest BCUT2D eigenvalue weighted by Crippen LogP contribution is -2.13. The maximum absolute atomic E-state index is 5.71. The van der Waals surface area contributed by atoms with Gasteiger partial charge in [0.05, 0.1) is 17.9 Å². The van der Waals surface area contributed by atoms with Crippen LogP contribution >= 0.6 is 15.9 Å². The van der Waals surface area contributed by atoms with Gasteiger partial charge >= 0.3 is 0 Å². The topological polar surface area (TPSA) is 39.9 Å². The Bertz CT molecular complexity index is 564. The van der Waals surface area contributed by atoms with E-state index in [9.17, 15) is 0 Å². The molecule has 20 heavy (non-hydrogen) atoms. The second-order valence-electron chi connectivity index (χ2n) is 5.21. The van der Waals surface area contributed by atoms with Crippen LogP contribution < -0.4 is 4.74 Å². The Hall–Kier alpha value is -1.36. The highest BCUT2D eigenvalue weighted by molar-refractivity contribution is 9.10. The molecule has 0 spiro atoms. The molecule has 0 amide bonds. The van der Waals surface area contributed by atoms with Gasteiger partial charge in [-0.05, 0) is 40.9 Å². The SMILES string of the molecule is Brc1cncc(OCc2ccn(C3CCCCC3)n2)c1. The van der Waals surface area contributed by atoms with Gasteiger partial charge in [0, 0.05) is 16.9 Å². The Balaban J connectivity index is 1.59. The standard InChI is InChI=1S/C15H18BrN3O/c16-12-8-15(10-17-9-12)20-11-13-6-7-19(18-13)14-4-2-1-3-5-14/h6-10,14H,1-5,11H2. The fourth-order valence-electron chi connectivity index (χ4n) is 2.63. The van der Waals surface area contributed by atoms with Crippen LogP contribution in [0.1, 0.15) is 43.8 Å². The van der Waals surface area contributed by atoms with E-state index < -0.39 is 0 Å². The van der Waals surface area contributed by atoms with Crippen molar-refractivity contribution in [1.29, 1.82) is 0 Å². The van der Waals surface area contributed by atoms with Crippen LogP contribution in [0.3, 0.4) is 0 Å². The zero-order valence-electron chi connectivity index (χ0n) is 11.3. The van der Waals surface area contributed by atoms with Gasteiger partial charge in [0.25, 0.3) is 0 Å². The molecule has 5 heteroatoms. The van der Waals surface area contributed by atoms with Crippen molar-refractivity contribution in [2.45, 2.75) is 44.8 Å².